The number of hydrogen-bond acceptors (Lipinski definition) is 5. The predicted octanol–water partition coefficient (Wildman–Crippen LogP) is 1.67. The topological polar surface area (TPSA) is 72.0 Å². The highest BCUT2D eigenvalue weighted by Gasteiger charge is 2.16. The summed E-state index contributed by atoms with van der Waals surface area (Å²) < 4.78 is 0. The Labute approximate surface area is 102 Å². The van der Waals surface area contributed by atoms with Gasteiger partial charge in [0.2, 0.25) is 5.13 Å². The number of anilines is 1. The molecule has 5 nitrogen and oxygen atoms in total. The van der Waals surface area contributed by atoms with E-state index in [1.165, 1.54) is 5.51 Å². The van der Waals surface area contributed by atoms with Gasteiger partial charge in [0.1, 0.15) is 5.51 Å². The van der Waals surface area contributed by atoms with Crippen molar-refractivity contribution in [3.8, 4) is 0 Å². The number of benzene rings is 1. The molecule has 0 aliphatic rings. The summed E-state index contributed by atoms with van der Waals surface area (Å²) in [6, 6.07) is 6.81. The summed E-state index contributed by atoms with van der Waals surface area (Å²) in [6.07, 6.45) is 0. The minimum Gasteiger partial charge on any atom is -0.294 e. The molecule has 0 saturated heterocycles. The van der Waals surface area contributed by atoms with Crippen molar-refractivity contribution in [2.75, 3.05) is 5.32 Å². The minimum atomic E-state index is -0.703. The molecule has 0 saturated carbocycles. The highest BCUT2D eigenvalue weighted by atomic mass is 32.1. The molecule has 17 heavy (non-hydrogen) atoms. The van der Waals surface area contributed by atoms with E-state index in [0.29, 0.717) is 10.7 Å². The van der Waals surface area contributed by atoms with Gasteiger partial charge in [-0.15, -0.1) is 10.2 Å². The number of ketones is 1. The van der Waals surface area contributed by atoms with Crippen molar-refractivity contribution >= 4 is 28.2 Å². The molecule has 1 amide bonds. The molecular weight excluding hydrogens is 238 g/mol. The summed E-state index contributed by atoms with van der Waals surface area (Å²) in [4.78, 5) is 23.3. The van der Waals surface area contributed by atoms with Crippen molar-refractivity contribution in [3.05, 3.63) is 40.9 Å². The maximum atomic E-state index is 11.7. The zero-order valence-electron chi connectivity index (χ0n) is 9.01. The number of hydrogen-bond donors (Lipinski definition) is 1. The van der Waals surface area contributed by atoms with E-state index in [-0.39, 0.29) is 0 Å². The van der Waals surface area contributed by atoms with E-state index in [1.807, 2.05) is 6.92 Å². The molecule has 0 aliphatic heterocycles. The molecule has 0 aliphatic carbocycles. The third-order valence-electron chi connectivity index (χ3n) is 2.10. The SMILES string of the molecule is Cc1ccc(C(=O)C(=O)Nc2nncs2)cc1. The maximum absolute atomic E-state index is 11.7. The Morgan fingerprint density at radius 1 is 1.24 bits per heavy atom. The molecule has 0 fully saturated rings. The molecule has 2 rings (SSSR count). The fourth-order valence-electron chi connectivity index (χ4n) is 1.22. The number of carbonyl (C=O) groups excluding carboxylic acids is 2. The number of aryl methyl sites for hydroxylation is 1. The van der Waals surface area contributed by atoms with E-state index in [2.05, 4.69) is 15.5 Å². The van der Waals surface area contributed by atoms with Gasteiger partial charge in [-0.2, -0.15) is 0 Å². The monoisotopic (exact) mass is 247 g/mol. The van der Waals surface area contributed by atoms with E-state index in [4.69, 9.17) is 0 Å². The molecule has 1 N–H and O–H groups in total. The second kappa shape index (κ2) is 4.84. The first-order chi connectivity index (χ1) is 8.16. The van der Waals surface area contributed by atoms with Crippen molar-refractivity contribution in [2.45, 2.75) is 6.92 Å². The van der Waals surface area contributed by atoms with Gasteiger partial charge in [-0.05, 0) is 6.92 Å². The number of aromatic nitrogens is 2. The Balaban J connectivity index is 2.10. The number of carbonyl (C=O) groups is 2. The third-order valence-corrected chi connectivity index (χ3v) is 2.71. The van der Waals surface area contributed by atoms with Crippen LogP contribution in [0.5, 0.6) is 0 Å². The van der Waals surface area contributed by atoms with Gasteiger partial charge in [0.05, 0.1) is 0 Å². The standard InChI is InChI=1S/C11H9N3O2S/c1-7-2-4-8(5-3-7)9(15)10(16)13-11-14-12-6-17-11/h2-6H,1H3,(H,13,14,16). The zero-order valence-corrected chi connectivity index (χ0v) is 9.82. The largest absolute Gasteiger partial charge is 0.298 e. The van der Waals surface area contributed by atoms with Gasteiger partial charge < -0.3 is 0 Å². The number of nitrogens with one attached hydrogen (secondary N) is 1. The second-order valence-electron chi connectivity index (χ2n) is 3.39. The Bertz CT molecular complexity index is 534. The molecule has 2 aromatic rings. The minimum absolute atomic E-state index is 0.315. The average Bonchev–Trinajstić information content (AvgIpc) is 2.82. The van der Waals surface area contributed by atoms with Crippen LogP contribution in [0.3, 0.4) is 0 Å². The van der Waals surface area contributed by atoms with Crippen LogP contribution in [0, 0.1) is 6.92 Å². The van der Waals surface area contributed by atoms with Gasteiger partial charge in [-0.3, -0.25) is 14.9 Å². The number of Topliss-reactive ketones (excluding diaryl/α,β-unsaturated/α-hetero) is 1. The number of rotatable bonds is 3. The van der Waals surface area contributed by atoms with E-state index >= 15 is 0 Å². The Hall–Kier alpha value is -2.08. The molecule has 1 heterocycles. The van der Waals surface area contributed by atoms with Crippen LogP contribution in [-0.2, 0) is 4.79 Å². The van der Waals surface area contributed by atoms with Gasteiger partial charge in [-0.1, -0.05) is 41.2 Å². The first-order valence-electron chi connectivity index (χ1n) is 4.85. The summed E-state index contributed by atoms with van der Waals surface area (Å²) in [6.45, 7) is 1.91. The van der Waals surface area contributed by atoms with Crippen LogP contribution in [0.2, 0.25) is 0 Å². The van der Waals surface area contributed by atoms with Gasteiger partial charge in [-0.25, -0.2) is 0 Å². The summed E-state index contributed by atoms with van der Waals surface area (Å²) in [5, 5.41) is 9.90. The van der Waals surface area contributed by atoms with E-state index in [9.17, 15) is 9.59 Å². The Morgan fingerprint density at radius 2 is 1.94 bits per heavy atom. The van der Waals surface area contributed by atoms with Crippen LogP contribution in [0.1, 0.15) is 15.9 Å². The molecule has 0 bridgehead atoms. The van der Waals surface area contributed by atoms with Crippen molar-refractivity contribution in [3.63, 3.8) is 0 Å². The average molecular weight is 247 g/mol. The normalized spacial score (nSPS) is 9.94. The van der Waals surface area contributed by atoms with Gasteiger partial charge >= 0.3 is 0 Å². The number of nitrogens with zero attached hydrogens (tertiary/aromatic N) is 2. The zero-order chi connectivity index (χ0) is 12.3. The smallest absolute Gasteiger partial charge is 0.294 e. The van der Waals surface area contributed by atoms with Gasteiger partial charge in [0.15, 0.2) is 0 Å². The molecule has 0 spiro atoms. The quantitative estimate of drug-likeness (QED) is 0.661. The van der Waals surface area contributed by atoms with Crippen molar-refractivity contribution in [2.24, 2.45) is 0 Å². The second-order valence-corrected chi connectivity index (χ2v) is 4.23. The van der Waals surface area contributed by atoms with Gasteiger partial charge in [0.25, 0.3) is 11.7 Å². The summed E-state index contributed by atoms with van der Waals surface area (Å²) in [7, 11) is 0. The molecule has 0 atom stereocenters. The van der Waals surface area contributed by atoms with Gasteiger partial charge in [0, 0.05) is 5.56 Å². The molecule has 0 radical (unpaired) electrons. The first kappa shape index (κ1) is 11.4. The van der Waals surface area contributed by atoms with Crippen LogP contribution < -0.4 is 5.32 Å². The highest BCUT2D eigenvalue weighted by Crippen LogP contribution is 2.10. The molecule has 1 aromatic heterocycles. The third kappa shape index (κ3) is 2.73. The summed E-state index contributed by atoms with van der Waals surface area (Å²) in [5.41, 5.74) is 2.87. The molecule has 86 valence electrons. The molecule has 6 heteroatoms. The van der Waals surface area contributed by atoms with E-state index in [1.54, 1.807) is 24.3 Å². The number of amides is 1. The van der Waals surface area contributed by atoms with Crippen molar-refractivity contribution < 1.29 is 9.59 Å². The lowest BCUT2D eigenvalue weighted by atomic mass is 10.1. The lowest BCUT2D eigenvalue weighted by molar-refractivity contribution is -0.112. The maximum Gasteiger partial charge on any atom is 0.298 e. The molecule has 1 aromatic carbocycles. The van der Waals surface area contributed by atoms with E-state index < -0.39 is 11.7 Å². The Kier molecular flexibility index (Phi) is 3.24. The first-order valence-corrected chi connectivity index (χ1v) is 5.73. The summed E-state index contributed by atoms with van der Waals surface area (Å²) >= 11 is 1.16. The molecular formula is C11H9N3O2S. The molecule has 0 unspecified atom stereocenters. The highest BCUT2D eigenvalue weighted by molar-refractivity contribution is 7.13. The van der Waals surface area contributed by atoms with Crippen LogP contribution in [0.15, 0.2) is 29.8 Å². The fourth-order valence-corrected chi connectivity index (χ4v) is 1.66. The lowest BCUT2D eigenvalue weighted by Crippen LogP contribution is -2.22. The van der Waals surface area contributed by atoms with Crippen molar-refractivity contribution in [1.29, 1.82) is 0 Å². The van der Waals surface area contributed by atoms with Crippen LogP contribution in [0.4, 0.5) is 5.13 Å². The van der Waals surface area contributed by atoms with Crippen LogP contribution in [0.25, 0.3) is 0 Å². The lowest BCUT2D eigenvalue weighted by Gasteiger charge is -2.00. The van der Waals surface area contributed by atoms with E-state index in [0.717, 1.165) is 16.9 Å². The van der Waals surface area contributed by atoms with Crippen molar-refractivity contribution in [1.82, 2.24) is 10.2 Å². The van der Waals surface area contributed by atoms with Crippen LogP contribution in [-0.4, -0.2) is 21.9 Å². The fraction of sp³-hybridized carbons (Fsp3) is 0.0909. The summed E-state index contributed by atoms with van der Waals surface area (Å²) in [5.74, 6) is -1.29. The predicted molar refractivity (Wildman–Crippen MR) is 64.0 cm³/mol. The Morgan fingerprint density at radius 3 is 2.53 bits per heavy atom. The van der Waals surface area contributed by atoms with Crippen LogP contribution >= 0.6 is 11.3 Å².